The fraction of sp³-hybridized carbons (Fsp3) is 0.389. The molecule has 110 valence electrons. The molecule has 0 N–H and O–H groups in total. The number of hydrogen-bond donors (Lipinski definition) is 0. The van der Waals surface area contributed by atoms with E-state index in [0.29, 0.717) is 5.78 Å². The smallest absolute Gasteiger partial charge is 0.137 e. The summed E-state index contributed by atoms with van der Waals surface area (Å²) in [5.41, 5.74) is 1.25. The van der Waals surface area contributed by atoms with Crippen LogP contribution in [0.4, 0.5) is 0 Å². The Kier molecular flexibility index (Phi) is 4.49. The summed E-state index contributed by atoms with van der Waals surface area (Å²) in [5.74, 6) is 1.39. The van der Waals surface area contributed by atoms with Gasteiger partial charge in [-0.3, -0.25) is 4.79 Å². The molecule has 2 nitrogen and oxygen atoms in total. The molecule has 0 amide bonds. The van der Waals surface area contributed by atoms with Crippen molar-refractivity contribution in [1.82, 2.24) is 0 Å². The number of benzene rings is 1. The summed E-state index contributed by atoms with van der Waals surface area (Å²) < 4.78 is 5.62. The lowest BCUT2D eigenvalue weighted by atomic mass is 9.85. The molecule has 1 aromatic carbocycles. The van der Waals surface area contributed by atoms with E-state index < -0.39 is 0 Å². The normalized spacial score (nSPS) is 20.4. The highest BCUT2D eigenvalue weighted by atomic mass is 32.2. The molecular formula is C18H20O2S. The number of thioether (sulfide) groups is 1. The highest BCUT2D eigenvalue weighted by molar-refractivity contribution is 7.99. The van der Waals surface area contributed by atoms with Crippen LogP contribution in [0.15, 0.2) is 52.0 Å². The van der Waals surface area contributed by atoms with E-state index in [1.54, 1.807) is 18.0 Å². The third kappa shape index (κ3) is 3.41. The van der Waals surface area contributed by atoms with Crippen LogP contribution in [-0.4, -0.2) is 5.78 Å². The van der Waals surface area contributed by atoms with E-state index in [9.17, 15) is 4.79 Å². The van der Waals surface area contributed by atoms with Crippen molar-refractivity contribution in [3.63, 3.8) is 0 Å². The molecule has 21 heavy (non-hydrogen) atoms. The van der Waals surface area contributed by atoms with Crippen LogP contribution in [-0.2, 0) is 4.79 Å². The first-order valence-corrected chi connectivity index (χ1v) is 8.41. The van der Waals surface area contributed by atoms with E-state index in [-0.39, 0.29) is 11.2 Å². The van der Waals surface area contributed by atoms with Crippen molar-refractivity contribution in [2.24, 2.45) is 5.92 Å². The lowest BCUT2D eigenvalue weighted by Gasteiger charge is -2.27. The van der Waals surface area contributed by atoms with Gasteiger partial charge in [0.1, 0.15) is 11.5 Å². The van der Waals surface area contributed by atoms with Gasteiger partial charge in [0.15, 0.2) is 0 Å². The predicted molar refractivity (Wildman–Crippen MR) is 85.5 cm³/mol. The van der Waals surface area contributed by atoms with E-state index in [0.717, 1.165) is 31.4 Å². The Hall–Kier alpha value is -1.48. The molecule has 0 bridgehead atoms. The minimum Gasteiger partial charge on any atom is -0.468 e. The van der Waals surface area contributed by atoms with Gasteiger partial charge < -0.3 is 4.42 Å². The van der Waals surface area contributed by atoms with Gasteiger partial charge in [-0.15, -0.1) is 11.8 Å². The van der Waals surface area contributed by atoms with Crippen molar-refractivity contribution in [3.8, 4) is 0 Å². The van der Waals surface area contributed by atoms with Crippen LogP contribution in [0.25, 0.3) is 0 Å². The summed E-state index contributed by atoms with van der Waals surface area (Å²) in [5, 5.41) is 0.0931. The number of aryl methyl sites for hydroxylation is 1. The van der Waals surface area contributed by atoms with Gasteiger partial charge >= 0.3 is 0 Å². The summed E-state index contributed by atoms with van der Waals surface area (Å²) in [4.78, 5) is 13.5. The minimum atomic E-state index is 0.0798. The zero-order chi connectivity index (χ0) is 14.7. The molecule has 3 rings (SSSR count). The van der Waals surface area contributed by atoms with Gasteiger partial charge in [-0.05, 0) is 44.0 Å². The first-order valence-electron chi connectivity index (χ1n) is 7.53. The van der Waals surface area contributed by atoms with Crippen molar-refractivity contribution >= 4 is 17.5 Å². The standard InChI is InChI=1S/C18H20O2S/c1-13-8-10-14(11-9-13)21-18(17-7-4-12-20-17)15-5-2-3-6-16(15)19/h4,7-12,15,18H,2-3,5-6H2,1H3. The van der Waals surface area contributed by atoms with E-state index >= 15 is 0 Å². The molecule has 1 aliphatic rings. The van der Waals surface area contributed by atoms with Gasteiger partial charge in [0.25, 0.3) is 0 Å². The first-order chi connectivity index (χ1) is 10.2. The number of carbonyl (C=O) groups is 1. The van der Waals surface area contributed by atoms with Crippen molar-refractivity contribution < 1.29 is 9.21 Å². The van der Waals surface area contributed by atoms with Gasteiger partial charge in [-0.1, -0.05) is 24.1 Å². The maximum absolute atomic E-state index is 12.3. The molecule has 0 spiro atoms. The molecule has 1 saturated carbocycles. The minimum absolute atomic E-state index is 0.0798. The van der Waals surface area contributed by atoms with Crippen LogP contribution in [0.5, 0.6) is 0 Å². The average molecular weight is 300 g/mol. The average Bonchev–Trinajstić information content (AvgIpc) is 3.02. The molecule has 2 unspecified atom stereocenters. The summed E-state index contributed by atoms with van der Waals surface area (Å²) in [6, 6.07) is 12.4. The number of Topliss-reactive ketones (excluding diaryl/α,β-unsaturated/α-hetero) is 1. The molecule has 1 fully saturated rings. The van der Waals surface area contributed by atoms with Gasteiger partial charge in [-0.25, -0.2) is 0 Å². The summed E-state index contributed by atoms with van der Waals surface area (Å²) in [7, 11) is 0. The third-order valence-electron chi connectivity index (χ3n) is 4.07. The number of furan rings is 1. The topological polar surface area (TPSA) is 30.2 Å². The Morgan fingerprint density at radius 2 is 2.00 bits per heavy atom. The zero-order valence-electron chi connectivity index (χ0n) is 12.2. The SMILES string of the molecule is Cc1ccc(SC(c2ccco2)C2CCCCC2=O)cc1. The summed E-state index contributed by atoms with van der Waals surface area (Å²) >= 11 is 1.75. The molecular weight excluding hydrogens is 280 g/mol. The van der Waals surface area contributed by atoms with Crippen LogP contribution >= 0.6 is 11.8 Å². The molecule has 2 aromatic rings. The third-order valence-corrected chi connectivity index (χ3v) is 5.43. The van der Waals surface area contributed by atoms with E-state index in [2.05, 4.69) is 31.2 Å². The molecule has 1 aromatic heterocycles. The second-order valence-electron chi connectivity index (χ2n) is 5.69. The maximum atomic E-state index is 12.3. The highest BCUT2D eigenvalue weighted by Gasteiger charge is 2.33. The Morgan fingerprint density at radius 3 is 2.67 bits per heavy atom. The van der Waals surface area contributed by atoms with Gasteiger partial charge in [0, 0.05) is 17.2 Å². The van der Waals surface area contributed by atoms with Crippen molar-refractivity contribution in [2.75, 3.05) is 0 Å². The lowest BCUT2D eigenvalue weighted by Crippen LogP contribution is -2.24. The highest BCUT2D eigenvalue weighted by Crippen LogP contribution is 2.45. The monoisotopic (exact) mass is 300 g/mol. The summed E-state index contributed by atoms with van der Waals surface area (Å²) in [6.45, 7) is 2.09. The van der Waals surface area contributed by atoms with Gasteiger partial charge in [-0.2, -0.15) is 0 Å². The van der Waals surface area contributed by atoms with E-state index in [1.165, 1.54) is 10.5 Å². The van der Waals surface area contributed by atoms with Crippen molar-refractivity contribution in [1.29, 1.82) is 0 Å². The van der Waals surface area contributed by atoms with Crippen LogP contribution in [0.3, 0.4) is 0 Å². The maximum Gasteiger partial charge on any atom is 0.137 e. The fourth-order valence-electron chi connectivity index (χ4n) is 2.89. The quantitative estimate of drug-likeness (QED) is 0.729. The van der Waals surface area contributed by atoms with Crippen LogP contribution < -0.4 is 0 Å². The number of carbonyl (C=O) groups excluding carboxylic acids is 1. The molecule has 3 heteroatoms. The molecule has 0 saturated heterocycles. The Labute approximate surface area is 129 Å². The number of ketones is 1. The second-order valence-corrected chi connectivity index (χ2v) is 6.90. The van der Waals surface area contributed by atoms with Crippen LogP contribution in [0, 0.1) is 12.8 Å². The summed E-state index contributed by atoms with van der Waals surface area (Å²) in [6.07, 6.45) is 5.57. The lowest BCUT2D eigenvalue weighted by molar-refractivity contribution is -0.124. The molecule has 2 atom stereocenters. The van der Waals surface area contributed by atoms with E-state index in [1.807, 2.05) is 12.1 Å². The predicted octanol–water partition coefficient (Wildman–Crippen LogP) is 5.18. The number of hydrogen-bond acceptors (Lipinski definition) is 3. The van der Waals surface area contributed by atoms with Crippen LogP contribution in [0.2, 0.25) is 0 Å². The van der Waals surface area contributed by atoms with E-state index in [4.69, 9.17) is 4.42 Å². The largest absolute Gasteiger partial charge is 0.468 e. The Balaban J connectivity index is 1.85. The molecule has 1 aliphatic carbocycles. The first kappa shape index (κ1) is 14.5. The molecule has 1 heterocycles. The van der Waals surface area contributed by atoms with Crippen molar-refractivity contribution in [2.45, 2.75) is 42.8 Å². The van der Waals surface area contributed by atoms with Gasteiger partial charge in [0.05, 0.1) is 11.5 Å². The second kappa shape index (κ2) is 6.52. The Bertz CT molecular complexity index is 586. The fourth-order valence-corrected chi connectivity index (χ4v) is 4.17. The molecule has 0 radical (unpaired) electrons. The van der Waals surface area contributed by atoms with Crippen LogP contribution in [0.1, 0.15) is 42.3 Å². The van der Waals surface area contributed by atoms with Gasteiger partial charge in [0.2, 0.25) is 0 Å². The zero-order valence-corrected chi connectivity index (χ0v) is 13.1. The number of rotatable bonds is 4. The molecule has 0 aliphatic heterocycles. The van der Waals surface area contributed by atoms with Crippen molar-refractivity contribution in [3.05, 3.63) is 54.0 Å². The Morgan fingerprint density at radius 1 is 1.19 bits per heavy atom.